The molecule has 1 aromatic rings. The number of anilines is 1. The van der Waals surface area contributed by atoms with Gasteiger partial charge in [-0.1, -0.05) is 13.8 Å². The van der Waals surface area contributed by atoms with Crippen LogP contribution in [0.3, 0.4) is 0 Å². The summed E-state index contributed by atoms with van der Waals surface area (Å²) in [5.41, 5.74) is 5.98. The Balaban J connectivity index is 2.75. The topological polar surface area (TPSA) is 89.3 Å². The molecule has 0 heterocycles. The number of hydrogen-bond donors (Lipinski definition) is 2. The predicted octanol–water partition coefficient (Wildman–Crippen LogP) is 1.20. The van der Waals surface area contributed by atoms with Gasteiger partial charge in [0.05, 0.1) is 4.90 Å². The quantitative estimate of drug-likeness (QED) is 0.795. The Bertz CT molecular complexity index is 536. The molecule has 0 saturated carbocycles. The van der Waals surface area contributed by atoms with Gasteiger partial charge in [0.25, 0.3) is 0 Å². The molecule has 3 N–H and O–H groups in total. The summed E-state index contributed by atoms with van der Waals surface area (Å²) in [7, 11) is -3.62. The molecule has 1 rings (SSSR count). The second-order valence-corrected chi connectivity index (χ2v) is 6.92. The maximum atomic E-state index is 12.0. The predicted molar refractivity (Wildman–Crippen MR) is 75.3 cm³/mol. The minimum Gasteiger partial charge on any atom is -0.399 e. The molecule has 0 aliphatic rings. The Labute approximate surface area is 114 Å². The van der Waals surface area contributed by atoms with E-state index in [4.69, 9.17) is 5.73 Å². The summed E-state index contributed by atoms with van der Waals surface area (Å²) in [5, 5.41) is 2.67. The van der Waals surface area contributed by atoms with E-state index < -0.39 is 21.5 Å². The van der Waals surface area contributed by atoms with Crippen molar-refractivity contribution in [1.29, 1.82) is 0 Å². The number of benzene rings is 1. The smallest absolute Gasteiger partial charge is 0.235 e. The molecule has 0 radical (unpaired) electrons. The SMILES string of the molecule is CC(C)C(C)NC(=O)CS(=O)(=O)c1ccc(N)cc1. The monoisotopic (exact) mass is 284 g/mol. The van der Waals surface area contributed by atoms with Gasteiger partial charge in [-0.25, -0.2) is 8.42 Å². The van der Waals surface area contributed by atoms with Crippen LogP contribution in [-0.2, 0) is 14.6 Å². The van der Waals surface area contributed by atoms with Crippen LogP contribution in [0.2, 0.25) is 0 Å². The molecule has 5 nitrogen and oxygen atoms in total. The summed E-state index contributed by atoms with van der Waals surface area (Å²) in [6.45, 7) is 5.76. The lowest BCUT2D eigenvalue weighted by molar-refractivity contribution is -0.119. The second kappa shape index (κ2) is 6.06. The third kappa shape index (κ3) is 4.55. The molecule has 0 aliphatic heterocycles. The van der Waals surface area contributed by atoms with Gasteiger partial charge in [0.1, 0.15) is 5.75 Å². The van der Waals surface area contributed by atoms with E-state index in [2.05, 4.69) is 5.32 Å². The van der Waals surface area contributed by atoms with E-state index in [0.29, 0.717) is 5.69 Å². The molecule has 0 saturated heterocycles. The fourth-order valence-electron chi connectivity index (χ4n) is 1.39. The molecule has 1 atom stereocenters. The first kappa shape index (κ1) is 15.5. The molecular formula is C13H20N2O3S. The molecule has 0 spiro atoms. The molecule has 0 fully saturated rings. The maximum Gasteiger partial charge on any atom is 0.235 e. The van der Waals surface area contributed by atoms with Crippen molar-refractivity contribution in [2.45, 2.75) is 31.7 Å². The highest BCUT2D eigenvalue weighted by atomic mass is 32.2. The van der Waals surface area contributed by atoms with Gasteiger partial charge in [0.15, 0.2) is 9.84 Å². The normalized spacial score (nSPS) is 13.3. The highest BCUT2D eigenvalue weighted by Gasteiger charge is 2.20. The Kier molecular flexibility index (Phi) is 4.94. The molecule has 1 unspecified atom stereocenters. The van der Waals surface area contributed by atoms with Crippen molar-refractivity contribution in [2.75, 3.05) is 11.5 Å². The number of carbonyl (C=O) groups excluding carboxylic acids is 1. The van der Waals surface area contributed by atoms with Crippen LogP contribution in [-0.4, -0.2) is 26.1 Å². The molecule has 1 aromatic carbocycles. The highest BCUT2D eigenvalue weighted by Crippen LogP contribution is 2.13. The van der Waals surface area contributed by atoms with E-state index in [9.17, 15) is 13.2 Å². The third-order valence-electron chi connectivity index (χ3n) is 2.95. The van der Waals surface area contributed by atoms with Crippen LogP contribution >= 0.6 is 0 Å². The lowest BCUT2D eigenvalue weighted by Gasteiger charge is -2.17. The van der Waals surface area contributed by atoms with Crippen molar-refractivity contribution in [1.82, 2.24) is 5.32 Å². The van der Waals surface area contributed by atoms with E-state index in [1.807, 2.05) is 20.8 Å². The zero-order chi connectivity index (χ0) is 14.6. The number of rotatable bonds is 5. The molecule has 0 bridgehead atoms. The fraction of sp³-hybridized carbons (Fsp3) is 0.462. The van der Waals surface area contributed by atoms with E-state index >= 15 is 0 Å². The maximum absolute atomic E-state index is 12.0. The number of carbonyl (C=O) groups is 1. The third-order valence-corrected chi connectivity index (χ3v) is 4.58. The zero-order valence-corrected chi connectivity index (χ0v) is 12.2. The lowest BCUT2D eigenvalue weighted by Crippen LogP contribution is -2.39. The van der Waals surface area contributed by atoms with Crippen molar-refractivity contribution in [3.05, 3.63) is 24.3 Å². The fourth-order valence-corrected chi connectivity index (χ4v) is 2.54. The second-order valence-electron chi connectivity index (χ2n) is 4.93. The number of amides is 1. The summed E-state index contributed by atoms with van der Waals surface area (Å²) in [5.74, 6) is -0.783. The van der Waals surface area contributed by atoms with Gasteiger partial charge in [-0.15, -0.1) is 0 Å². The first-order valence-corrected chi connectivity index (χ1v) is 7.75. The molecule has 19 heavy (non-hydrogen) atoms. The summed E-state index contributed by atoms with van der Waals surface area (Å²) in [6.07, 6.45) is 0. The number of hydrogen-bond acceptors (Lipinski definition) is 4. The van der Waals surface area contributed by atoms with Crippen LogP contribution in [0, 0.1) is 5.92 Å². The van der Waals surface area contributed by atoms with Crippen LogP contribution in [0.25, 0.3) is 0 Å². The molecular weight excluding hydrogens is 264 g/mol. The average Bonchev–Trinajstić information content (AvgIpc) is 2.28. The molecule has 0 aliphatic carbocycles. The van der Waals surface area contributed by atoms with Gasteiger partial charge in [-0.05, 0) is 37.1 Å². The van der Waals surface area contributed by atoms with Gasteiger partial charge < -0.3 is 11.1 Å². The zero-order valence-electron chi connectivity index (χ0n) is 11.4. The van der Waals surface area contributed by atoms with E-state index in [1.54, 1.807) is 0 Å². The standard InChI is InChI=1S/C13H20N2O3S/c1-9(2)10(3)15-13(16)8-19(17,18)12-6-4-11(14)5-7-12/h4-7,9-10H,8,14H2,1-3H3,(H,15,16). The number of nitrogens with two attached hydrogens (primary N) is 1. The Morgan fingerprint density at radius 2 is 1.74 bits per heavy atom. The molecule has 106 valence electrons. The first-order valence-electron chi connectivity index (χ1n) is 6.10. The van der Waals surface area contributed by atoms with Crippen LogP contribution in [0.1, 0.15) is 20.8 Å². The van der Waals surface area contributed by atoms with Crippen LogP contribution in [0.4, 0.5) is 5.69 Å². The van der Waals surface area contributed by atoms with E-state index in [1.165, 1.54) is 24.3 Å². The summed E-state index contributed by atoms with van der Waals surface area (Å²) >= 11 is 0. The van der Waals surface area contributed by atoms with Gasteiger partial charge in [-0.3, -0.25) is 4.79 Å². The minimum atomic E-state index is -3.62. The Morgan fingerprint density at radius 3 is 2.21 bits per heavy atom. The molecule has 1 amide bonds. The van der Waals surface area contributed by atoms with Crippen molar-refractivity contribution >= 4 is 21.4 Å². The van der Waals surface area contributed by atoms with Crippen molar-refractivity contribution in [2.24, 2.45) is 5.92 Å². The largest absolute Gasteiger partial charge is 0.399 e. The minimum absolute atomic E-state index is 0.0610. The van der Waals surface area contributed by atoms with Crippen molar-refractivity contribution < 1.29 is 13.2 Å². The number of nitrogens with one attached hydrogen (secondary N) is 1. The van der Waals surface area contributed by atoms with Gasteiger partial charge in [0, 0.05) is 11.7 Å². The van der Waals surface area contributed by atoms with Crippen molar-refractivity contribution in [3.63, 3.8) is 0 Å². The summed E-state index contributed by atoms with van der Waals surface area (Å²) in [4.78, 5) is 11.8. The van der Waals surface area contributed by atoms with Crippen molar-refractivity contribution in [3.8, 4) is 0 Å². The van der Waals surface area contributed by atoms with E-state index in [0.717, 1.165) is 0 Å². The van der Waals surface area contributed by atoms with Crippen LogP contribution < -0.4 is 11.1 Å². The number of nitrogen functional groups attached to an aromatic ring is 1. The summed E-state index contributed by atoms with van der Waals surface area (Å²) < 4.78 is 24.0. The average molecular weight is 284 g/mol. The van der Waals surface area contributed by atoms with Gasteiger partial charge >= 0.3 is 0 Å². The highest BCUT2D eigenvalue weighted by molar-refractivity contribution is 7.92. The Hall–Kier alpha value is -1.56. The first-order chi connectivity index (χ1) is 8.72. The van der Waals surface area contributed by atoms with Gasteiger partial charge in [-0.2, -0.15) is 0 Å². The molecule has 6 heteroatoms. The Morgan fingerprint density at radius 1 is 1.21 bits per heavy atom. The molecule has 0 aromatic heterocycles. The van der Waals surface area contributed by atoms with E-state index in [-0.39, 0.29) is 16.9 Å². The number of sulfone groups is 1. The van der Waals surface area contributed by atoms with Crippen LogP contribution in [0.5, 0.6) is 0 Å². The van der Waals surface area contributed by atoms with Gasteiger partial charge in [0.2, 0.25) is 5.91 Å². The lowest BCUT2D eigenvalue weighted by atomic mass is 10.1. The van der Waals surface area contributed by atoms with Crippen LogP contribution in [0.15, 0.2) is 29.2 Å². The summed E-state index contributed by atoms with van der Waals surface area (Å²) in [6, 6.07) is 5.76.